The molecule has 0 radical (unpaired) electrons. The number of nitrogens with one attached hydrogen (secondary N) is 1. The van der Waals surface area contributed by atoms with Crippen molar-refractivity contribution in [2.45, 2.75) is 32.4 Å². The SMILES string of the molecule is Cc1cc(-c2cc(C(F)(F)F)ccc2ONC(=O)C2CCC2)ccc1Oc1ncc(Cl)cn1. The monoisotopic (exact) mass is 477 g/mol. The highest BCUT2D eigenvalue weighted by molar-refractivity contribution is 6.30. The van der Waals surface area contributed by atoms with E-state index < -0.39 is 11.7 Å². The van der Waals surface area contributed by atoms with Crippen molar-refractivity contribution in [2.75, 3.05) is 0 Å². The van der Waals surface area contributed by atoms with Gasteiger partial charge in [-0.3, -0.25) is 4.79 Å². The summed E-state index contributed by atoms with van der Waals surface area (Å²) in [5.74, 6) is 0.116. The molecule has 1 heterocycles. The summed E-state index contributed by atoms with van der Waals surface area (Å²) in [6.45, 7) is 1.74. The Labute approximate surface area is 192 Å². The molecule has 0 atom stereocenters. The van der Waals surface area contributed by atoms with Crippen LogP contribution in [0.3, 0.4) is 0 Å². The van der Waals surface area contributed by atoms with Crippen molar-refractivity contribution in [1.82, 2.24) is 15.4 Å². The largest absolute Gasteiger partial charge is 0.424 e. The van der Waals surface area contributed by atoms with Gasteiger partial charge in [-0.05, 0) is 61.2 Å². The molecule has 4 rings (SSSR count). The first-order chi connectivity index (χ1) is 15.7. The van der Waals surface area contributed by atoms with Crippen molar-refractivity contribution in [3.8, 4) is 28.6 Å². The summed E-state index contributed by atoms with van der Waals surface area (Å²) >= 11 is 5.77. The van der Waals surface area contributed by atoms with Gasteiger partial charge in [-0.1, -0.05) is 24.1 Å². The Morgan fingerprint density at radius 2 is 1.79 bits per heavy atom. The summed E-state index contributed by atoms with van der Waals surface area (Å²) in [4.78, 5) is 25.5. The lowest BCUT2D eigenvalue weighted by molar-refractivity contribution is -0.138. The van der Waals surface area contributed by atoms with Crippen molar-refractivity contribution >= 4 is 17.5 Å². The van der Waals surface area contributed by atoms with Crippen LogP contribution in [0, 0.1) is 12.8 Å². The van der Waals surface area contributed by atoms with Crippen LogP contribution >= 0.6 is 11.6 Å². The Kier molecular flexibility index (Phi) is 6.42. The lowest BCUT2D eigenvalue weighted by atomic mass is 9.85. The van der Waals surface area contributed by atoms with Crippen LogP contribution in [0.15, 0.2) is 48.8 Å². The van der Waals surface area contributed by atoms with Crippen LogP contribution in [0.25, 0.3) is 11.1 Å². The smallest absolute Gasteiger partial charge is 0.416 e. The normalized spacial score (nSPS) is 13.8. The number of hydrogen-bond donors (Lipinski definition) is 1. The average Bonchev–Trinajstić information content (AvgIpc) is 2.73. The van der Waals surface area contributed by atoms with E-state index in [0.29, 0.717) is 21.9 Å². The molecule has 1 aliphatic rings. The number of benzene rings is 2. The Bertz CT molecular complexity index is 1170. The van der Waals surface area contributed by atoms with Crippen LogP contribution in [-0.2, 0) is 11.0 Å². The van der Waals surface area contributed by atoms with Gasteiger partial charge < -0.3 is 9.57 Å². The summed E-state index contributed by atoms with van der Waals surface area (Å²) in [6, 6.07) is 8.02. The zero-order chi connectivity index (χ0) is 23.6. The van der Waals surface area contributed by atoms with E-state index in [-0.39, 0.29) is 29.1 Å². The van der Waals surface area contributed by atoms with Gasteiger partial charge in [0.15, 0.2) is 5.75 Å². The molecule has 33 heavy (non-hydrogen) atoms. The highest BCUT2D eigenvalue weighted by Crippen LogP contribution is 2.39. The standard InChI is InChI=1S/C23H19ClF3N3O3/c1-13-9-15(5-7-19(13)32-22-28-11-17(24)12-29-22)18-10-16(23(25,26)27)6-8-20(18)33-30-21(31)14-3-2-4-14/h5-12,14H,2-4H2,1H3,(H,30,31). The van der Waals surface area contributed by atoms with E-state index in [1.807, 2.05) is 0 Å². The van der Waals surface area contributed by atoms with Gasteiger partial charge in [-0.15, -0.1) is 0 Å². The van der Waals surface area contributed by atoms with Gasteiger partial charge in [-0.25, -0.2) is 9.97 Å². The predicted octanol–water partition coefficient (Wildman–Crippen LogP) is 6.13. The summed E-state index contributed by atoms with van der Waals surface area (Å²) in [5.41, 5.74) is 2.79. The molecule has 2 aromatic carbocycles. The molecule has 1 N–H and O–H groups in total. The second-order valence-electron chi connectivity index (χ2n) is 7.67. The Morgan fingerprint density at radius 1 is 1.09 bits per heavy atom. The van der Waals surface area contributed by atoms with Crippen molar-refractivity contribution in [2.24, 2.45) is 5.92 Å². The quantitative estimate of drug-likeness (QED) is 0.432. The van der Waals surface area contributed by atoms with Gasteiger partial charge in [0, 0.05) is 11.5 Å². The van der Waals surface area contributed by atoms with E-state index in [0.717, 1.165) is 31.4 Å². The maximum atomic E-state index is 13.3. The second-order valence-corrected chi connectivity index (χ2v) is 8.11. The first-order valence-corrected chi connectivity index (χ1v) is 10.5. The topological polar surface area (TPSA) is 73.3 Å². The third-order valence-electron chi connectivity index (χ3n) is 5.33. The Morgan fingerprint density at radius 3 is 2.39 bits per heavy atom. The van der Waals surface area contributed by atoms with Crippen LogP contribution in [0.4, 0.5) is 13.2 Å². The zero-order valence-electron chi connectivity index (χ0n) is 17.4. The first kappa shape index (κ1) is 22.8. The Balaban J connectivity index is 1.62. The van der Waals surface area contributed by atoms with Crippen molar-refractivity contribution in [3.63, 3.8) is 0 Å². The number of carbonyl (C=O) groups excluding carboxylic acids is 1. The number of aryl methyl sites for hydroxylation is 1. The number of amides is 1. The lowest BCUT2D eigenvalue weighted by Gasteiger charge is -2.24. The molecular formula is C23H19ClF3N3O3. The molecule has 0 unspecified atom stereocenters. The van der Waals surface area contributed by atoms with Crippen LogP contribution in [0.5, 0.6) is 17.5 Å². The van der Waals surface area contributed by atoms with Gasteiger partial charge >= 0.3 is 12.2 Å². The molecule has 1 aromatic heterocycles. The third kappa shape index (κ3) is 5.36. The van der Waals surface area contributed by atoms with Gasteiger partial charge in [0.2, 0.25) is 0 Å². The number of hydroxylamine groups is 1. The minimum Gasteiger partial charge on any atom is -0.424 e. The van der Waals surface area contributed by atoms with E-state index in [4.69, 9.17) is 21.2 Å². The molecule has 1 fully saturated rings. The Hall–Kier alpha value is -3.33. The van der Waals surface area contributed by atoms with E-state index in [1.165, 1.54) is 18.5 Å². The van der Waals surface area contributed by atoms with Gasteiger partial charge in [-0.2, -0.15) is 18.7 Å². The van der Waals surface area contributed by atoms with E-state index in [2.05, 4.69) is 15.4 Å². The van der Waals surface area contributed by atoms with Crippen molar-refractivity contribution in [1.29, 1.82) is 0 Å². The average molecular weight is 478 g/mol. The summed E-state index contributed by atoms with van der Waals surface area (Å²) in [7, 11) is 0. The highest BCUT2D eigenvalue weighted by Gasteiger charge is 2.32. The fourth-order valence-corrected chi connectivity index (χ4v) is 3.36. The molecule has 0 bridgehead atoms. The number of aromatic nitrogens is 2. The van der Waals surface area contributed by atoms with Crippen molar-refractivity contribution in [3.05, 3.63) is 64.9 Å². The third-order valence-corrected chi connectivity index (χ3v) is 5.52. The van der Waals surface area contributed by atoms with Crippen LogP contribution in [0.2, 0.25) is 5.02 Å². The fourth-order valence-electron chi connectivity index (χ4n) is 3.26. The number of alkyl halides is 3. The van der Waals surface area contributed by atoms with E-state index in [9.17, 15) is 18.0 Å². The number of ether oxygens (including phenoxy) is 1. The van der Waals surface area contributed by atoms with Crippen LogP contribution < -0.4 is 15.1 Å². The van der Waals surface area contributed by atoms with Gasteiger partial charge in [0.25, 0.3) is 5.91 Å². The molecule has 1 amide bonds. The summed E-state index contributed by atoms with van der Waals surface area (Å²) in [6.07, 6.45) is 0.750. The number of rotatable bonds is 6. The number of halogens is 4. The molecule has 6 nitrogen and oxygen atoms in total. The maximum Gasteiger partial charge on any atom is 0.416 e. The van der Waals surface area contributed by atoms with Crippen LogP contribution in [0.1, 0.15) is 30.4 Å². The minimum atomic E-state index is -4.54. The first-order valence-electron chi connectivity index (χ1n) is 10.1. The number of nitrogens with zero attached hydrogens (tertiary/aromatic N) is 2. The van der Waals surface area contributed by atoms with E-state index in [1.54, 1.807) is 25.1 Å². The minimum absolute atomic E-state index is 0.0806. The molecule has 1 saturated carbocycles. The number of carbonyl (C=O) groups is 1. The molecule has 0 aliphatic heterocycles. The van der Waals surface area contributed by atoms with Crippen LogP contribution in [-0.4, -0.2) is 15.9 Å². The molecule has 1 aliphatic carbocycles. The fraction of sp³-hybridized carbons (Fsp3) is 0.261. The predicted molar refractivity (Wildman–Crippen MR) is 115 cm³/mol. The highest BCUT2D eigenvalue weighted by atomic mass is 35.5. The molecule has 3 aromatic rings. The second kappa shape index (κ2) is 9.27. The number of hydrogen-bond acceptors (Lipinski definition) is 5. The van der Waals surface area contributed by atoms with E-state index >= 15 is 0 Å². The van der Waals surface area contributed by atoms with Gasteiger partial charge in [0.05, 0.1) is 23.0 Å². The maximum absolute atomic E-state index is 13.3. The molecular weight excluding hydrogens is 459 g/mol. The molecule has 172 valence electrons. The summed E-state index contributed by atoms with van der Waals surface area (Å²) in [5, 5.41) is 0.357. The molecule has 0 spiro atoms. The molecule has 10 heteroatoms. The summed E-state index contributed by atoms with van der Waals surface area (Å²) < 4.78 is 45.7. The van der Waals surface area contributed by atoms with Gasteiger partial charge in [0.1, 0.15) is 5.75 Å². The molecule has 0 saturated heterocycles. The van der Waals surface area contributed by atoms with Crippen molar-refractivity contribution < 1.29 is 27.5 Å². The lowest BCUT2D eigenvalue weighted by Crippen LogP contribution is -2.36. The zero-order valence-corrected chi connectivity index (χ0v) is 18.2.